The molecule has 19 heavy (non-hydrogen) atoms. The Morgan fingerprint density at radius 1 is 1.32 bits per heavy atom. The predicted molar refractivity (Wildman–Crippen MR) is 75.9 cm³/mol. The van der Waals surface area contributed by atoms with Gasteiger partial charge in [-0.05, 0) is 53.7 Å². The van der Waals surface area contributed by atoms with E-state index in [1.54, 1.807) is 18.3 Å². The fourth-order valence-electron chi connectivity index (χ4n) is 1.55. The third kappa shape index (κ3) is 3.52. The van der Waals surface area contributed by atoms with Gasteiger partial charge in [0.05, 0.1) is 4.47 Å². The van der Waals surface area contributed by atoms with Crippen LogP contribution in [0.3, 0.4) is 0 Å². The first kappa shape index (κ1) is 14.0. The van der Waals surface area contributed by atoms with Gasteiger partial charge < -0.3 is 10.1 Å². The van der Waals surface area contributed by atoms with Crippen LogP contribution in [0.4, 0.5) is 4.39 Å². The smallest absolute Gasteiger partial charge is 0.219 e. The lowest BCUT2D eigenvalue weighted by atomic mass is 10.1. The van der Waals surface area contributed by atoms with Crippen molar-refractivity contribution in [3.63, 3.8) is 0 Å². The zero-order valence-corrected chi connectivity index (χ0v) is 12.2. The van der Waals surface area contributed by atoms with Crippen LogP contribution in [-0.2, 0) is 0 Å². The molecule has 0 saturated heterocycles. The van der Waals surface area contributed by atoms with Gasteiger partial charge in [-0.3, -0.25) is 0 Å². The van der Waals surface area contributed by atoms with E-state index in [0.717, 1.165) is 5.56 Å². The van der Waals surface area contributed by atoms with Crippen molar-refractivity contribution in [2.24, 2.45) is 0 Å². The first-order valence-corrected chi connectivity index (χ1v) is 6.65. The molecule has 3 nitrogen and oxygen atoms in total. The SMILES string of the molecule is CNC(C)c1ccc(Oc2ccc(F)cc2Br)nc1. The van der Waals surface area contributed by atoms with Gasteiger partial charge in [0.15, 0.2) is 0 Å². The molecule has 0 radical (unpaired) electrons. The Morgan fingerprint density at radius 3 is 2.68 bits per heavy atom. The Morgan fingerprint density at radius 2 is 2.11 bits per heavy atom. The molecule has 5 heteroatoms. The highest BCUT2D eigenvalue weighted by Gasteiger charge is 2.07. The number of hydrogen-bond acceptors (Lipinski definition) is 3. The minimum absolute atomic E-state index is 0.235. The highest BCUT2D eigenvalue weighted by Crippen LogP contribution is 2.29. The molecular formula is C14H14BrFN2O. The molecule has 0 aliphatic rings. The number of nitrogens with one attached hydrogen (secondary N) is 1. The number of aromatic nitrogens is 1. The van der Waals surface area contributed by atoms with Crippen molar-refractivity contribution in [1.82, 2.24) is 10.3 Å². The van der Waals surface area contributed by atoms with E-state index in [1.165, 1.54) is 12.1 Å². The zero-order valence-electron chi connectivity index (χ0n) is 10.7. The van der Waals surface area contributed by atoms with E-state index in [-0.39, 0.29) is 11.9 Å². The Labute approximate surface area is 119 Å². The van der Waals surface area contributed by atoms with Gasteiger partial charge in [-0.1, -0.05) is 6.07 Å². The summed E-state index contributed by atoms with van der Waals surface area (Å²) in [6.45, 7) is 2.05. The second-order valence-corrected chi connectivity index (χ2v) is 4.97. The lowest BCUT2D eigenvalue weighted by molar-refractivity contribution is 0.457. The van der Waals surface area contributed by atoms with Gasteiger partial charge in [0.25, 0.3) is 0 Å². The summed E-state index contributed by atoms with van der Waals surface area (Å²) in [5.74, 6) is 0.688. The average Bonchev–Trinajstić information content (AvgIpc) is 2.42. The minimum atomic E-state index is -0.314. The van der Waals surface area contributed by atoms with Crippen LogP contribution in [0, 0.1) is 5.82 Å². The third-order valence-electron chi connectivity index (χ3n) is 2.80. The normalized spacial score (nSPS) is 12.2. The number of rotatable bonds is 4. The molecule has 1 aromatic carbocycles. The molecule has 0 saturated carbocycles. The van der Waals surface area contributed by atoms with E-state index >= 15 is 0 Å². The number of halogens is 2. The van der Waals surface area contributed by atoms with Gasteiger partial charge in [-0.25, -0.2) is 9.37 Å². The number of benzene rings is 1. The van der Waals surface area contributed by atoms with Gasteiger partial charge in [0.1, 0.15) is 11.6 Å². The van der Waals surface area contributed by atoms with Crippen LogP contribution in [0.2, 0.25) is 0 Å². The lowest BCUT2D eigenvalue weighted by Gasteiger charge is -2.11. The van der Waals surface area contributed by atoms with E-state index in [1.807, 2.05) is 20.0 Å². The first-order chi connectivity index (χ1) is 9.10. The van der Waals surface area contributed by atoms with Crippen molar-refractivity contribution in [2.45, 2.75) is 13.0 Å². The molecule has 2 aromatic rings. The molecule has 1 aromatic heterocycles. The quantitative estimate of drug-likeness (QED) is 0.921. The fourth-order valence-corrected chi connectivity index (χ4v) is 1.98. The predicted octanol–water partition coefficient (Wildman–Crippen LogP) is 4.06. The third-order valence-corrected chi connectivity index (χ3v) is 3.42. The van der Waals surface area contributed by atoms with Gasteiger partial charge in [-0.15, -0.1) is 0 Å². The Hall–Kier alpha value is -1.46. The molecule has 0 aliphatic carbocycles. The largest absolute Gasteiger partial charge is 0.438 e. The summed E-state index contributed by atoms with van der Waals surface area (Å²) in [7, 11) is 1.89. The minimum Gasteiger partial charge on any atom is -0.438 e. The fraction of sp³-hybridized carbons (Fsp3) is 0.214. The summed E-state index contributed by atoms with van der Waals surface area (Å²) in [5, 5.41) is 3.14. The molecule has 0 amide bonds. The second kappa shape index (κ2) is 6.12. The number of nitrogens with zero attached hydrogens (tertiary/aromatic N) is 1. The Kier molecular flexibility index (Phi) is 4.50. The van der Waals surface area contributed by atoms with E-state index in [0.29, 0.717) is 16.1 Å². The Bertz CT molecular complexity index is 560. The maximum Gasteiger partial charge on any atom is 0.219 e. The molecule has 1 unspecified atom stereocenters. The second-order valence-electron chi connectivity index (χ2n) is 4.12. The standard InChI is InChI=1S/C14H14BrFN2O/c1-9(17-2)10-3-6-14(18-8-10)19-13-5-4-11(16)7-12(13)15/h3-9,17H,1-2H3. The van der Waals surface area contributed by atoms with E-state index in [9.17, 15) is 4.39 Å². The van der Waals surface area contributed by atoms with E-state index in [4.69, 9.17) is 4.74 Å². The average molecular weight is 325 g/mol. The van der Waals surface area contributed by atoms with Crippen molar-refractivity contribution in [1.29, 1.82) is 0 Å². The maximum absolute atomic E-state index is 13.0. The zero-order chi connectivity index (χ0) is 13.8. The van der Waals surface area contributed by atoms with Crippen molar-refractivity contribution in [3.05, 3.63) is 52.4 Å². The summed E-state index contributed by atoms with van der Waals surface area (Å²) in [6, 6.07) is 8.23. The van der Waals surface area contributed by atoms with Crippen molar-refractivity contribution in [3.8, 4) is 11.6 Å². The lowest BCUT2D eigenvalue weighted by Crippen LogP contribution is -2.12. The molecule has 1 N–H and O–H groups in total. The highest BCUT2D eigenvalue weighted by atomic mass is 79.9. The van der Waals surface area contributed by atoms with Crippen LogP contribution < -0.4 is 10.1 Å². The van der Waals surface area contributed by atoms with Crippen LogP contribution >= 0.6 is 15.9 Å². The summed E-state index contributed by atoms with van der Waals surface area (Å²) in [5.41, 5.74) is 1.08. The molecule has 0 bridgehead atoms. The Balaban J connectivity index is 2.15. The van der Waals surface area contributed by atoms with Crippen LogP contribution in [-0.4, -0.2) is 12.0 Å². The molecule has 2 rings (SSSR count). The summed E-state index contributed by atoms with van der Waals surface area (Å²) >= 11 is 3.25. The van der Waals surface area contributed by atoms with E-state index in [2.05, 4.69) is 26.2 Å². The molecule has 100 valence electrons. The van der Waals surface area contributed by atoms with Gasteiger partial charge in [0, 0.05) is 18.3 Å². The van der Waals surface area contributed by atoms with Crippen LogP contribution in [0.5, 0.6) is 11.6 Å². The van der Waals surface area contributed by atoms with Gasteiger partial charge in [-0.2, -0.15) is 0 Å². The van der Waals surface area contributed by atoms with Gasteiger partial charge in [0.2, 0.25) is 5.88 Å². The molecule has 0 aliphatic heterocycles. The molecule has 1 heterocycles. The number of pyridine rings is 1. The van der Waals surface area contributed by atoms with Crippen molar-refractivity contribution < 1.29 is 9.13 Å². The molecule has 1 atom stereocenters. The van der Waals surface area contributed by atoms with Crippen LogP contribution in [0.15, 0.2) is 41.0 Å². The van der Waals surface area contributed by atoms with Gasteiger partial charge >= 0.3 is 0 Å². The van der Waals surface area contributed by atoms with Crippen LogP contribution in [0.1, 0.15) is 18.5 Å². The molecular weight excluding hydrogens is 311 g/mol. The summed E-state index contributed by atoms with van der Waals surface area (Å²) < 4.78 is 19.1. The molecule has 0 fully saturated rings. The van der Waals surface area contributed by atoms with Crippen molar-refractivity contribution >= 4 is 15.9 Å². The van der Waals surface area contributed by atoms with Crippen LogP contribution in [0.25, 0.3) is 0 Å². The van der Waals surface area contributed by atoms with E-state index < -0.39 is 0 Å². The summed E-state index contributed by atoms with van der Waals surface area (Å²) in [4.78, 5) is 4.23. The van der Waals surface area contributed by atoms with Crippen molar-refractivity contribution in [2.75, 3.05) is 7.05 Å². The maximum atomic E-state index is 13.0. The number of hydrogen-bond donors (Lipinski definition) is 1. The summed E-state index contributed by atoms with van der Waals surface area (Å²) in [6.07, 6.45) is 1.76. The monoisotopic (exact) mass is 324 g/mol. The number of ether oxygens (including phenoxy) is 1. The molecule has 0 spiro atoms. The highest BCUT2D eigenvalue weighted by molar-refractivity contribution is 9.10. The first-order valence-electron chi connectivity index (χ1n) is 5.86. The topological polar surface area (TPSA) is 34.1 Å².